The molecule has 0 unspecified atom stereocenters. The zero-order chi connectivity index (χ0) is 47.7. The summed E-state index contributed by atoms with van der Waals surface area (Å²) in [5, 5.41) is 9.56. The number of anilines is 4. The molecule has 0 atom stereocenters. The van der Waals surface area contributed by atoms with Crippen LogP contribution >= 0.6 is 0 Å². The van der Waals surface area contributed by atoms with E-state index in [2.05, 4.69) is 228 Å². The van der Waals surface area contributed by atoms with Gasteiger partial charge >= 0.3 is 0 Å². The zero-order valence-electron chi connectivity index (χ0n) is 39.9. The normalized spacial score (nSPS) is 15.7. The summed E-state index contributed by atoms with van der Waals surface area (Å²) in [6.07, 6.45) is 18.5. The highest BCUT2D eigenvalue weighted by Crippen LogP contribution is 2.50. The topological polar surface area (TPSA) is 43.4 Å². The molecule has 0 aromatic heterocycles. The van der Waals surface area contributed by atoms with E-state index in [0.29, 0.717) is 12.8 Å². The summed E-state index contributed by atoms with van der Waals surface area (Å²) in [6.45, 7) is 0. The van der Waals surface area contributed by atoms with E-state index in [1.54, 1.807) is 28.4 Å². The molecule has 344 valence electrons. The summed E-state index contributed by atoms with van der Waals surface area (Å²) in [6, 6.07) is 65.5. The predicted octanol–water partition coefficient (Wildman–Crippen LogP) is 15.8. The number of ether oxygens (including phenoxy) is 4. The smallest absolute Gasteiger partial charge is 0.190 e. The van der Waals surface area contributed by atoms with Crippen molar-refractivity contribution in [2.24, 2.45) is 0 Å². The van der Waals surface area contributed by atoms with Gasteiger partial charge in [-0.05, 0) is 128 Å². The number of hydrogen-bond acceptors (Lipinski definition) is 6. The van der Waals surface area contributed by atoms with Crippen LogP contribution in [0.2, 0.25) is 0 Å². The van der Waals surface area contributed by atoms with Crippen LogP contribution in [0.3, 0.4) is 0 Å². The molecule has 6 nitrogen and oxygen atoms in total. The van der Waals surface area contributed by atoms with E-state index in [1.807, 2.05) is 12.2 Å². The molecule has 9 aromatic carbocycles. The average molecular weight is 915 g/mol. The van der Waals surface area contributed by atoms with E-state index >= 15 is 0 Å². The van der Waals surface area contributed by atoms with Crippen molar-refractivity contribution in [1.29, 1.82) is 0 Å². The second kappa shape index (κ2) is 18.9. The molecule has 0 spiro atoms. The Balaban J connectivity index is 1.35. The Labute approximate surface area is 409 Å². The molecule has 0 saturated carbocycles. The minimum atomic E-state index is -0.864. The van der Waals surface area contributed by atoms with Crippen LogP contribution in [0.5, 0.6) is 0 Å². The van der Waals surface area contributed by atoms with Crippen molar-refractivity contribution in [2.75, 3.05) is 38.2 Å². The van der Waals surface area contributed by atoms with Crippen molar-refractivity contribution in [2.45, 2.75) is 24.4 Å². The average Bonchev–Trinajstić information content (AvgIpc) is 3.43. The van der Waals surface area contributed by atoms with Gasteiger partial charge in [0.1, 0.15) is 0 Å². The van der Waals surface area contributed by atoms with Gasteiger partial charge in [0.15, 0.2) is 11.6 Å². The summed E-state index contributed by atoms with van der Waals surface area (Å²) in [5.74, 6) is -1.72. The van der Waals surface area contributed by atoms with Gasteiger partial charge in [0.2, 0.25) is 0 Å². The molecule has 0 heterocycles. The fourth-order valence-corrected chi connectivity index (χ4v) is 10.4. The molecular weight excluding hydrogens is 861 g/mol. The second-order valence-electron chi connectivity index (χ2n) is 17.8. The van der Waals surface area contributed by atoms with Gasteiger partial charge in [0.05, 0.1) is 11.4 Å². The molecule has 2 aliphatic rings. The SMILES string of the molecule is COC1(OC)C=CC(C=C(c2cc3cccc4c5cccc6cccc(c(c2C(=CC2=CCC(OC)(OC)C=C2)N(c2ccccc2)c2ccccc2)c34)c65)N(c2ccccc2)c2ccccc2)=CC1. The summed E-state index contributed by atoms with van der Waals surface area (Å²) in [5.41, 5.74) is 10.2. The van der Waals surface area contributed by atoms with E-state index in [4.69, 9.17) is 18.9 Å². The molecule has 2 aliphatic carbocycles. The van der Waals surface area contributed by atoms with Crippen LogP contribution in [0.4, 0.5) is 22.7 Å². The van der Waals surface area contributed by atoms with Crippen molar-refractivity contribution in [3.05, 3.63) is 253 Å². The van der Waals surface area contributed by atoms with Gasteiger partial charge in [0, 0.05) is 80.5 Å². The highest BCUT2D eigenvalue weighted by molar-refractivity contribution is 6.35. The largest absolute Gasteiger partial charge is 0.349 e. The lowest BCUT2D eigenvalue weighted by Crippen LogP contribution is -2.32. The van der Waals surface area contributed by atoms with E-state index < -0.39 is 11.6 Å². The first-order valence-electron chi connectivity index (χ1n) is 23.8. The monoisotopic (exact) mass is 914 g/mol. The number of nitrogens with zero attached hydrogens (tertiary/aromatic N) is 2. The Kier molecular flexibility index (Phi) is 12.1. The van der Waals surface area contributed by atoms with Gasteiger partial charge < -0.3 is 28.7 Å². The molecule has 0 N–H and O–H groups in total. The zero-order valence-corrected chi connectivity index (χ0v) is 39.9. The summed E-state index contributed by atoms with van der Waals surface area (Å²) in [4.78, 5) is 4.83. The lowest BCUT2D eigenvalue weighted by molar-refractivity contribution is -0.168. The van der Waals surface area contributed by atoms with E-state index in [-0.39, 0.29) is 0 Å². The van der Waals surface area contributed by atoms with Crippen LogP contribution in [0.25, 0.3) is 54.5 Å². The number of fused-ring (bicyclic) bond motifs is 2. The van der Waals surface area contributed by atoms with Crippen molar-refractivity contribution >= 4 is 77.2 Å². The minimum absolute atomic E-state index is 0.534. The fourth-order valence-electron chi connectivity index (χ4n) is 10.4. The van der Waals surface area contributed by atoms with Crippen LogP contribution in [0.1, 0.15) is 24.0 Å². The first-order valence-corrected chi connectivity index (χ1v) is 23.8. The summed E-state index contributed by atoms with van der Waals surface area (Å²) in [7, 11) is 6.79. The van der Waals surface area contributed by atoms with Gasteiger partial charge in [-0.2, -0.15) is 0 Å². The molecule has 6 heteroatoms. The highest BCUT2D eigenvalue weighted by atomic mass is 16.7. The highest BCUT2D eigenvalue weighted by Gasteiger charge is 2.32. The Morgan fingerprint density at radius 1 is 0.414 bits per heavy atom. The molecular formula is C64H54N2O4. The minimum Gasteiger partial charge on any atom is -0.349 e. The van der Waals surface area contributed by atoms with Crippen molar-refractivity contribution < 1.29 is 18.9 Å². The predicted molar refractivity (Wildman–Crippen MR) is 291 cm³/mol. The lowest BCUT2D eigenvalue weighted by Gasteiger charge is -2.35. The molecule has 0 saturated heterocycles. The van der Waals surface area contributed by atoms with Crippen LogP contribution < -0.4 is 9.80 Å². The van der Waals surface area contributed by atoms with E-state index in [9.17, 15) is 0 Å². The molecule has 70 heavy (non-hydrogen) atoms. The number of hydrogen-bond donors (Lipinski definition) is 0. The van der Waals surface area contributed by atoms with Crippen molar-refractivity contribution in [1.82, 2.24) is 0 Å². The first-order chi connectivity index (χ1) is 34.5. The number of para-hydroxylation sites is 4. The Morgan fingerprint density at radius 2 is 0.814 bits per heavy atom. The maximum Gasteiger partial charge on any atom is 0.190 e. The number of allylic oxidation sites excluding steroid dienone is 6. The first kappa shape index (κ1) is 44.7. The summed E-state index contributed by atoms with van der Waals surface area (Å²) < 4.78 is 23.8. The van der Waals surface area contributed by atoms with Crippen LogP contribution in [0.15, 0.2) is 242 Å². The third-order valence-corrected chi connectivity index (χ3v) is 14.0. The van der Waals surface area contributed by atoms with Gasteiger partial charge in [0.25, 0.3) is 0 Å². The van der Waals surface area contributed by atoms with Gasteiger partial charge in [-0.1, -0.05) is 152 Å². The lowest BCUT2D eigenvalue weighted by atomic mass is 9.83. The quantitative estimate of drug-likeness (QED) is 0.0615. The van der Waals surface area contributed by atoms with E-state index in [0.717, 1.165) is 67.2 Å². The molecule has 0 radical (unpaired) electrons. The standard InChI is InChI=1S/C64H54N2O4/c1-67-63(68-2)38-34-45(35-39-63)42-57(65(49-23-9-5-10-24-49)50-25-11-6-12-26-50)56-44-48-22-19-32-54-53-31-17-20-47-21-18-33-55(59(47)53)62(60(48)54)61(56)58(43-46-36-40-64(69-3,70-4)41-37-46)66(51-27-13-7-14-28-51)52-29-15-8-16-30-52/h5-38,40,42-44H,39,41H2,1-4H3. The van der Waals surface area contributed by atoms with Crippen LogP contribution in [0, 0.1) is 0 Å². The maximum atomic E-state index is 5.96. The third kappa shape index (κ3) is 8.01. The second-order valence-corrected chi connectivity index (χ2v) is 17.8. The molecule has 0 aliphatic heterocycles. The number of benzene rings is 9. The Hall–Kier alpha value is -7.84. The number of rotatable bonds is 14. The van der Waals surface area contributed by atoms with Crippen molar-refractivity contribution in [3.63, 3.8) is 0 Å². The Morgan fingerprint density at radius 3 is 1.24 bits per heavy atom. The van der Waals surface area contributed by atoms with Gasteiger partial charge in [-0.3, -0.25) is 0 Å². The summed E-state index contributed by atoms with van der Waals surface area (Å²) >= 11 is 0. The maximum absolute atomic E-state index is 5.96. The van der Waals surface area contributed by atoms with Crippen molar-refractivity contribution in [3.8, 4) is 0 Å². The third-order valence-electron chi connectivity index (χ3n) is 14.0. The Bertz CT molecular complexity index is 3450. The van der Waals surface area contributed by atoms with E-state index in [1.165, 1.54) is 32.3 Å². The molecule has 0 fully saturated rings. The number of methoxy groups -OCH3 is 4. The molecule has 0 amide bonds. The fraction of sp³-hybridized carbons (Fsp3) is 0.125. The van der Waals surface area contributed by atoms with Crippen LogP contribution in [-0.2, 0) is 18.9 Å². The molecule has 0 bridgehead atoms. The molecule has 9 aromatic rings. The molecule has 11 rings (SSSR count). The van der Waals surface area contributed by atoms with Crippen LogP contribution in [-0.4, -0.2) is 40.0 Å². The van der Waals surface area contributed by atoms with Gasteiger partial charge in [-0.15, -0.1) is 0 Å². The van der Waals surface area contributed by atoms with Gasteiger partial charge in [-0.25, -0.2) is 0 Å².